The third-order valence-electron chi connectivity index (χ3n) is 0.0609. The first-order valence-corrected chi connectivity index (χ1v) is 5.32. The van der Waals surface area contributed by atoms with E-state index >= 15 is 0 Å². The Balaban J connectivity index is 3.69. The quantitative estimate of drug-likeness (QED) is 0.430. The maximum atomic E-state index is 9.16. The van der Waals surface area contributed by atoms with Gasteiger partial charge in [0.15, 0.2) is 0 Å². The van der Waals surface area contributed by atoms with Crippen LogP contribution in [0, 0.1) is 0 Å². The molecule has 0 spiro atoms. The van der Waals surface area contributed by atoms with E-state index in [0.717, 1.165) is 0 Å². The van der Waals surface area contributed by atoms with Gasteiger partial charge in [0.1, 0.15) is 0 Å². The molecule has 0 aromatic carbocycles. The molecule has 5 heavy (non-hydrogen) atoms. The summed E-state index contributed by atoms with van der Waals surface area (Å²) in [5.74, 6) is -2.52. The van der Waals surface area contributed by atoms with E-state index in [9.17, 15) is 0 Å². The average molecular weight is 175 g/mol. The van der Waals surface area contributed by atoms with Crippen molar-refractivity contribution in [2.24, 2.45) is 0 Å². The third kappa shape index (κ3) is 4.39. The number of hydrogen-bond donors (Lipinski definition) is 0. The summed E-state index contributed by atoms with van der Waals surface area (Å²) < 4.78 is 27.5. The Bertz CT molecular complexity index is 83.1. The van der Waals surface area contributed by atoms with Crippen molar-refractivity contribution < 1.29 is 30.5 Å². The van der Waals surface area contributed by atoms with Gasteiger partial charge < -0.3 is 0 Å². The molecular weight excluding hydrogens is 175 g/mol. The standard InChI is InChI=1S/Mo.O2P.O/c;1-3-2;. The molecule has 5 heteroatoms. The van der Waals surface area contributed by atoms with Gasteiger partial charge in [-0.25, -0.2) is 0 Å². The van der Waals surface area contributed by atoms with E-state index in [4.69, 9.17) is 12.5 Å². The van der Waals surface area contributed by atoms with Gasteiger partial charge in [0, 0.05) is 0 Å². The van der Waals surface area contributed by atoms with Gasteiger partial charge in [0.2, 0.25) is 0 Å². The van der Waals surface area contributed by atoms with E-state index in [2.05, 4.69) is 0 Å². The summed E-state index contributed by atoms with van der Waals surface area (Å²) in [6.07, 6.45) is 0. The van der Waals surface area contributed by atoms with Crippen LogP contribution in [0.15, 0.2) is 0 Å². The molecule has 0 aromatic heterocycles. The first-order valence-electron chi connectivity index (χ1n) is 0.714. The fourth-order valence-electron chi connectivity index (χ4n) is 0. The first kappa shape index (κ1) is 5.39. The van der Waals surface area contributed by atoms with E-state index in [1.165, 1.54) is 0 Å². The molecule has 0 saturated heterocycles. The summed E-state index contributed by atoms with van der Waals surface area (Å²) in [5.41, 5.74) is 0. The Labute approximate surface area is 36.9 Å². The maximum absolute atomic E-state index is 9.16. The van der Waals surface area contributed by atoms with Crippen molar-refractivity contribution in [2.45, 2.75) is 0 Å². The molecular formula is MoO3P. The van der Waals surface area contributed by atoms with Crippen LogP contribution in [0.25, 0.3) is 0 Å². The second-order valence-corrected chi connectivity index (χ2v) is 4.19. The molecule has 0 heterocycles. The van der Waals surface area contributed by atoms with Crippen LogP contribution < -0.4 is 0 Å². The summed E-state index contributed by atoms with van der Waals surface area (Å²) in [6, 6.07) is 0. The Morgan fingerprint density at radius 3 is 1.60 bits per heavy atom. The topological polar surface area (TPSA) is 51.2 Å². The van der Waals surface area contributed by atoms with Crippen molar-refractivity contribution in [1.82, 2.24) is 0 Å². The van der Waals surface area contributed by atoms with Crippen molar-refractivity contribution in [2.75, 3.05) is 0 Å². The van der Waals surface area contributed by atoms with Crippen molar-refractivity contribution in [1.29, 1.82) is 0 Å². The normalized spacial score (nSPS) is 6.40. The molecule has 0 aromatic rings. The van der Waals surface area contributed by atoms with Crippen LogP contribution in [-0.4, -0.2) is 0 Å². The third-order valence-corrected chi connectivity index (χ3v) is 1.08. The molecule has 0 unspecified atom stereocenters. The summed E-state index contributed by atoms with van der Waals surface area (Å²) in [6.45, 7) is 0. The van der Waals surface area contributed by atoms with Crippen LogP contribution in [-0.2, 0) is 30.5 Å². The first-order chi connectivity index (χ1) is 2.27. The van der Waals surface area contributed by atoms with Crippen molar-refractivity contribution in [3.63, 3.8) is 0 Å². The SMILES string of the molecule is [O]=[Mo][P](=O)=O. The summed E-state index contributed by atoms with van der Waals surface area (Å²) in [5, 5.41) is 0. The second-order valence-electron chi connectivity index (χ2n) is 0.298. The summed E-state index contributed by atoms with van der Waals surface area (Å²) in [4.78, 5) is 0. The zero-order chi connectivity index (χ0) is 4.28. The van der Waals surface area contributed by atoms with E-state index < -0.39 is 23.8 Å². The fraction of sp³-hybridized carbons (Fsp3) is 0. The zero-order valence-corrected chi connectivity index (χ0v) is 4.98. The van der Waals surface area contributed by atoms with Gasteiger partial charge >= 0.3 is 36.3 Å². The van der Waals surface area contributed by atoms with Gasteiger partial charge in [-0.3, -0.25) is 0 Å². The molecule has 0 amide bonds. The molecule has 0 radical (unpaired) electrons. The fourth-order valence-corrected chi connectivity index (χ4v) is 0. The number of hydrogen-bond acceptors (Lipinski definition) is 3. The van der Waals surface area contributed by atoms with Crippen LogP contribution in [0.1, 0.15) is 0 Å². The van der Waals surface area contributed by atoms with E-state index in [1.807, 2.05) is 0 Å². The minimum absolute atomic E-state index is 1.89. The van der Waals surface area contributed by atoms with Gasteiger partial charge in [0.05, 0.1) is 0 Å². The van der Waals surface area contributed by atoms with Crippen LogP contribution in [0.5, 0.6) is 0 Å². The molecule has 0 aliphatic heterocycles. The Morgan fingerprint density at radius 2 is 1.60 bits per heavy atom. The summed E-state index contributed by atoms with van der Waals surface area (Å²) >= 11 is -1.89. The molecule has 0 N–H and O–H groups in total. The van der Waals surface area contributed by atoms with Gasteiger partial charge in [-0.1, -0.05) is 0 Å². The Morgan fingerprint density at radius 1 is 1.40 bits per heavy atom. The van der Waals surface area contributed by atoms with Gasteiger partial charge in [-0.15, -0.1) is 0 Å². The Kier molecular flexibility index (Phi) is 2.82. The Hall–Kier alpha value is 0.388. The molecule has 0 aliphatic carbocycles. The van der Waals surface area contributed by atoms with Crippen LogP contribution in [0.4, 0.5) is 0 Å². The van der Waals surface area contributed by atoms with Crippen molar-refractivity contribution in [3.8, 4) is 0 Å². The molecule has 0 atom stereocenters. The molecule has 0 fully saturated rings. The zero-order valence-electron chi connectivity index (χ0n) is 2.08. The van der Waals surface area contributed by atoms with Gasteiger partial charge in [-0.05, 0) is 0 Å². The molecule has 0 rings (SSSR count). The molecule has 0 bridgehead atoms. The predicted octanol–water partition coefficient (Wildman–Crippen LogP) is 0.502. The molecule has 29 valence electrons. The van der Waals surface area contributed by atoms with E-state index in [0.29, 0.717) is 0 Å². The number of rotatable bonds is 1. The molecule has 0 saturated carbocycles. The van der Waals surface area contributed by atoms with Crippen molar-refractivity contribution >= 4 is 5.77 Å². The monoisotopic (exact) mass is 177 g/mol. The van der Waals surface area contributed by atoms with E-state index in [-0.39, 0.29) is 0 Å². The van der Waals surface area contributed by atoms with Gasteiger partial charge in [-0.2, -0.15) is 0 Å². The second kappa shape index (κ2) is 2.62. The minimum atomic E-state index is -2.52. The molecule has 3 nitrogen and oxygen atoms in total. The van der Waals surface area contributed by atoms with Crippen LogP contribution in [0.2, 0.25) is 0 Å². The van der Waals surface area contributed by atoms with Crippen LogP contribution >= 0.6 is 5.77 Å². The summed E-state index contributed by atoms with van der Waals surface area (Å²) in [7, 11) is 0. The van der Waals surface area contributed by atoms with E-state index in [1.54, 1.807) is 0 Å². The van der Waals surface area contributed by atoms with Crippen LogP contribution in [0.3, 0.4) is 0 Å². The average Bonchev–Trinajstić information content (AvgIpc) is 1.38. The van der Waals surface area contributed by atoms with Crippen molar-refractivity contribution in [3.05, 3.63) is 0 Å². The van der Waals surface area contributed by atoms with Gasteiger partial charge in [0.25, 0.3) is 0 Å². The molecule has 0 aliphatic rings. The predicted molar refractivity (Wildman–Crippen MR) is 8.98 cm³/mol.